The second-order valence-corrected chi connectivity index (χ2v) is 3.92. The van der Waals surface area contributed by atoms with E-state index in [0.717, 1.165) is 12.5 Å². The Balaban J connectivity index is 3.19. The van der Waals surface area contributed by atoms with Crippen LogP contribution in [0.3, 0.4) is 0 Å². The van der Waals surface area contributed by atoms with Crippen LogP contribution in [0.5, 0.6) is 0 Å². The molecule has 1 atom stereocenters. The third kappa shape index (κ3) is 2.84. The van der Waals surface area contributed by atoms with Crippen LogP contribution in [-0.2, 0) is 0 Å². The summed E-state index contributed by atoms with van der Waals surface area (Å²) in [7, 11) is 1.56. The third-order valence-corrected chi connectivity index (χ3v) is 2.88. The first kappa shape index (κ1) is 13.7. The van der Waals surface area contributed by atoms with Gasteiger partial charge in [-0.2, -0.15) is 0 Å². The number of nitrogens with one attached hydrogen (secondary N) is 1. The minimum atomic E-state index is -0.672. The molecule has 0 saturated carbocycles. The highest BCUT2D eigenvalue weighted by atomic mass is 19.1. The van der Waals surface area contributed by atoms with Crippen molar-refractivity contribution in [1.29, 1.82) is 0 Å². The van der Waals surface area contributed by atoms with Gasteiger partial charge in [0.1, 0.15) is 0 Å². The lowest BCUT2D eigenvalue weighted by atomic mass is 10.2. The molecule has 0 radical (unpaired) electrons. The predicted molar refractivity (Wildman–Crippen MR) is 66.5 cm³/mol. The van der Waals surface area contributed by atoms with Crippen LogP contribution in [0.2, 0.25) is 0 Å². The summed E-state index contributed by atoms with van der Waals surface area (Å²) in [5.41, 5.74) is 0. The fourth-order valence-electron chi connectivity index (χ4n) is 1.72. The van der Waals surface area contributed by atoms with Gasteiger partial charge in [-0.05, 0) is 20.3 Å². The molecule has 0 aromatic carbocycles. The Morgan fingerprint density at radius 2 is 2.00 bits per heavy atom. The van der Waals surface area contributed by atoms with Crippen molar-refractivity contribution >= 4 is 11.6 Å². The van der Waals surface area contributed by atoms with Gasteiger partial charge in [0.05, 0.1) is 0 Å². The Morgan fingerprint density at radius 1 is 1.35 bits per heavy atom. The maximum Gasteiger partial charge on any atom is 0.168 e. The van der Waals surface area contributed by atoms with E-state index < -0.39 is 11.6 Å². The second kappa shape index (κ2) is 5.80. The molecule has 17 heavy (non-hydrogen) atoms. The van der Waals surface area contributed by atoms with E-state index in [1.54, 1.807) is 7.05 Å². The van der Waals surface area contributed by atoms with Crippen LogP contribution < -0.4 is 10.2 Å². The summed E-state index contributed by atoms with van der Waals surface area (Å²) < 4.78 is 27.0. The lowest BCUT2D eigenvalue weighted by Crippen LogP contribution is -2.34. The van der Waals surface area contributed by atoms with Crippen LogP contribution in [-0.4, -0.2) is 24.6 Å². The van der Waals surface area contributed by atoms with Gasteiger partial charge in [0.2, 0.25) is 0 Å². The molecule has 1 aromatic rings. The van der Waals surface area contributed by atoms with Gasteiger partial charge in [-0.1, -0.05) is 6.92 Å². The van der Waals surface area contributed by atoms with Crippen molar-refractivity contribution in [3.63, 3.8) is 0 Å². The maximum absolute atomic E-state index is 13.7. The highest BCUT2D eigenvalue weighted by molar-refractivity contribution is 5.49. The molecule has 1 N–H and O–H groups in total. The summed E-state index contributed by atoms with van der Waals surface area (Å²) >= 11 is 0. The number of hydrogen-bond acceptors (Lipinski definition) is 3. The largest absolute Gasteiger partial charge is 0.371 e. The van der Waals surface area contributed by atoms with E-state index in [4.69, 9.17) is 0 Å². The number of aromatic nitrogens is 1. The van der Waals surface area contributed by atoms with Gasteiger partial charge < -0.3 is 10.2 Å². The zero-order valence-electron chi connectivity index (χ0n) is 10.7. The minimum Gasteiger partial charge on any atom is -0.371 e. The molecule has 0 fully saturated rings. The van der Waals surface area contributed by atoms with Crippen molar-refractivity contribution in [3.05, 3.63) is 17.7 Å². The molecule has 0 bridgehead atoms. The van der Waals surface area contributed by atoms with Crippen molar-refractivity contribution < 1.29 is 8.78 Å². The number of rotatable bonds is 5. The molecule has 5 heteroatoms. The van der Waals surface area contributed by atoms with Crippen LogP contribution in [0.1, 0.15) is 27.2 Å². The van der Waals surface area contributed by atoms with E-state index in [1.807, 2.05) is 25.7 Å². The highest BCUT2D eigenvalue weighted by Gasteiger charge is 2.19. The second-order valence-electron chi connectivity index (χ2n) is 3.92. The molecular formula is C12H19F2N3. The van der Waals surface area contributed by atoms with Crippen molar-refractivity contribution in [3.8, 4) is 0 Å². The zero-order valence-corrected chi connectivity index (χ0v) is 10.7. The van der Waals surface area contributed by atoms with Gasteiger partial charge in [-0.3, -0.25) is 0 Å². The smallest absolute Gasteiger partial charge is 0.168 e. The Hall–Kier alpha value is -1.39. The van der Waals surface area contributed by atoms with Gasteiger partial charge in [-0.15, -0.1) is 0 Å². The maximum atomic E-state index is 13.7. The molecule has 3 nitrogen and oxygen atoms in total. The van der Waals surface area contributed by atoms with E-state index >= 15 is 0 Å². The summed E-state index contributed by atoms with van der Waals surface area (Å²) in [6.45, 7) is 6.57. The number of nitrogens with zero attached hydrogens (tertiary/aromatic N) is 2. The fraction of sp³-hybridized carbons (Fsp3) is 0.583. The quantitative estimate of drug-likeness (QED) is 0.861. The van der Waals surface area contributed by atoms with E-state index in [-0.39, 0.29) is 17.7 Å². The first-order valence-electron chi connectivity index (χ1n) is 5.85. The molecule has 1 heterocycles. The molecule has 0 aliphatic heterocycles. The lowest BCUT2D eigenvalue weighted by Gasteiger charge is -2.28. The summed E-state index contributed by atoms with van der Waals surface area (Å²) in [4.78, 5) is 5.82. The average molecular weight is 243 g/mol. The molecule has 1 unspecified atom stereocenters. The number of hydrogen-bond donors (Lipinski definition) is 1. The first-order valence-corrected chi connectivity index (χ1v) is 5.85. The summed E-state index contributed by atoms with van der Waals surface area (Å²) in [5, 5.41) is 2.62. The van der Waals surface area contributed by atoms with Crippen LogP contribution in [0.25, 0.3) is 0 Å². The molecule has 1 aromatic heterocycles. The highest BCUT2D eigenvalue weighted by Crippen LogP contribution is 2.24. The number of halogens is 2. The number of anilines is 2. The van der Waals surface area contributed by atoms with Crippen molar-refractivity contribution in [1.82, 2.24) is 4.98 Å². The van der Waals surface area contributed by atoms with E-state index in [2.05, 4.69) is 10.3 Å². The zero-order chi connectivity index (χ0) is 13.0. The fourth-order valence-corrected chi connectivity index (χ4v) is 1.72. The predicted octanol–water partition coefficient (Wildman–Crippen LogP) is 3.03. The third-order valence-electron chi connectivity index (χ3n) is 2.88. The van der Waals surface area contributed by atoms with Gasteiger partial charge in [0.15, 0.2) is 23.3 Å². The first-order chi connectivity index (χ1) is 8.04. The molecule has 1 rings (SSSR count). The molecular weight excluding hydrogens is 224 g/mol. The SMILES string of the molecule is CCC(C)N(CC)c1nc(NC)c(F)cc1F. The number of pyridine rings is 1. The van der Waals surface area contributed by atoms with Crippen LogP contribution in [0.4, 0.5) is 20.4 Å². The van der Waals surface area contributed by atoms with Crippen molar-refractivity contribution in [2.45, 2.75) is 33.2 Å². The molecule has 0 aliphatic rings. The average Bonchev–Trinajstić information content (AvgIpc) is 2.32. The molecule has 96 valence electrons. The lowest BCUT2D eigenvalue weighted by molar-refractivity contribution is 0.552. The van der Waals surface area contributed by atoms with Crippen LogP contribution in [0.15, 0.2) is 6.07 Å². The standard InChI is InChI=1S/C12H19F2N3/c1-5-8(3)17(6-2)12-10(14)7-9(13)11(15-4)16-12/h7-8H,5-6H2,1-4H3,(H,15,16). The Bertz CT molecular complexity index is 382. The summed E-state index contributed by atoms with van der Waals surface area (Å²) in [6.07, 6.45) is 0.876. The summed E-state index contributed by atoms with van der Waals surface area (Å²) in [5.74, 6) is -1.02. The molecule has 0 saturated heterocycles. The molecule has 0 amide bonds. The minimum absolute atomic E-state index is 0.0724. The monoisotopic (exact) mass is 243 g/mol. The van der Waals surface area contributed by atoms with Gasteiger partial charge in [0, 0.05) is 25.7 Å². The molecule has 0 spiro atoms. The Labute approximate surface area is 101 Å². The van der Waals surface area contributed by atoms with Crippen LogP contribution >= 0.6 is 0 Å². The van der Waals surface area contributed by atoms with Gasteiger partial charge in [0.25, 0.3) is 0 Å². The Morgan fingerprint density at radius 3 is 2.47 bits per heavy atom. The van der Waals surface area contributed by atoms with Crippen LogP contribution in [0, 0.1) is 11.6 Å². The summed E-state index contributed by atoms with van der Waals surface area (Å²) in [6, 6.07) is 1.04. The van der Waals surface area contributed by atoms with E-state index in [0.29, 0.717) is 6.54 Å². The van der Waals surface area contributed by atoms with E-state index in [9.17, 15) is 8.78 Å². The van der Waals surface area contributed by atoms with E-state index in [1.165, 1.54) is 0 Å². The normalized spacial score (nSPS) is 12.4. The topological polar surface area (TPSA) is 28.2 Å². The Kier molecular flexibility index (Phi) is 4.66. The van der Waals surface area contributed by atoms with Crippen molar-refractivity contribution in [2.24, 2.45) is 0 Å². The van der Waals surface area contributed by atoms with Gasteiger partial charge >= 0.3 is 0 Å². The van der Waals surface area contributed by atoms with Crippen molar-refractivity contribution in [2.75, 3.05) is 23.8 Å². The molecule has 0 aliphatic carbocycles. The van der Waals surface area contributed by atoms with Gasteiger partial charge in [-0.25, -0.2) is 13.8 Å².